The predicted octanol–water partition coefficient (Wildman–Crippen LogP) is 3.18. The Morgan fingerprint density at radius 1 is 1.10 bits per heavy atom. The summed E-state index contributed by atoms with van der Waals surface area (Å²) in [6.45, 7) is 1.78. The minimum atomic E-state index is -0.715. The number of rotatable bonds is 7. The molecule has 0 aliphatic rings. The maximum atomic E-state index is 10.5. The number of carbonyl (C=O) groups is 1. The Balaban J connectivity index is 1.91. The third-order valence-corrected chi connectivity index (χ3v) is 3.57. The minimum absolute atomic E-state index is 0.249. The number of aliphatic carboxylic acids is 1. The van der Waals surface area contributed by atoms with Crippen LogP contribution in [0.1, 0.15) is 18.4 Å². The number of carboxylic acids is 1. The van der Waals surface area contributed by atoms with Crippen LogP contribution in [0.15, 0.2) is 42.5 Å². The summed E-state index contributed by atoms with van der Waals surface area (Å²) in [4.78, 5) is 12.7. The fraction of sp³-hybridized carbons (Fsp3) is 0.353. The van der Waals surface area contributed by atoms with E-state index < -0.39 is 5.97 Å². The molecule has 0 fully saturated rings. The van der Waals surface area contributed by atoms with Crippen molar-refractivity contribution in [3.05, 3.63) is 48.0 Å². The zero-order valence-electron chi connectivity index (χ0n) is 11.9. The molecule has 2 aromatic carbocycles. The van der Waals surface area contributed by atoms with Crippen LogP contribution in [0.5, 0.6) is 0 Å². The van der Waals surface area contributed by atoms with Crippen molar-refractivity contribution in [3.63, 3.8) is 0 Å². The second kappa shape index (κ2) is 7.06. The standard InChI is InChI=1S/C17H21NO2/c1-18(12-5-10-17(19)20)13-11-15-8-4-7-14-6-2-3-9-16(14)15/h2-4,6-9H,5,10-13H2,1H3,(H,19,20). The Hall–Kier alpha value is -1.87. The highest BCUT2D eigenvalue weighted by molar-refractivity contribution is 5.85. The first-order valence-corrected chi connectivity index (χ1v) is 7.04. The molecule has 0 saturated carbocycles. The fourth-order valence-corrected chi connectivity index (χ4v) is 2.43. The second-order valence-electron chi connectivity index (χ2n) is 5.19. The maximum Gasteiger partial charge on any atom is 0.303 e. The first kappa shape index (κ1) is 14.5. The Kier molecular flexibility index (Phi) is 5.13. The van der Waals surface area contributed by atoms with Crippen molar-refractivity contribution in [2.75, 3.05) is 20.1 Å². The lowest BCUT2D eigenvalue weighted by molar-refractivity contribution is -0.137. The second-order valence-corrected chi connectivity index (χ2v) is 5.19. The molecule has 0 radical (unpaired) electrons. The molecule has 0 atom stereocenters. The monoisotopic (exact) mass is 271 g/mol. The zero-order valence-corrected chi connectivity index (χ0v) is 11.9. The molecule has 0 heterocycles. The number of likely N-dealkylation sites (N-methyl/N-ethyl adjacent to an activating group) is 1. The van der Waals surface area contributed by atoms with Gasteiger partial charge in [0.25, 0.3) is 0 Å². The highest BCUT2D eigenvalue weighted by Crippen LogP contribution is 2.19. The first-order chi connectivity index (χ1) is 9.66. The summed E-state index contributed by atoms with van der Waals surface area (Å²) in [7, 11) is 2.05. The van der Waals surface area contributed by atoms with Crippen molar-refractivity contribution < 1.29 is 9.90 Å². The zero-order chi connectivity index (χ0) is 14.4. The van der Waals surface area contributed by atoms with Crippen molar-refractivity contribution >= 4 is 16.7 Å². The van der Waals surface area contributed by atoms with Gasteiger partial charge in [-0.05, 0) is 42.8 Å². The van der Waals surface area contributed by atoms with Crippen molar-refractivity contribution in [1.82, 2.24) is 4.90 Å². The van der Waals surface area contributed by atoms with E-state index in [0.717, 1.165) is 19.5 Å². The average molecular weight is 271 g/mol. The van der Waals surface area contributed by atoms with Crippen LogP contribution in [0.3, 0.4) is 0 Å². The van der Waals surface area contributed by atoms with Crippen molar-refractivity contribution in [2.24, 2.45) is 0 Å². The van der Waals surface area contributed by atoms with Crippen LogP contribution in [-0.2, 0) is 11.2 Å². The van der Waals surface area contributed by atoms with Gasteiger partial charge in [-0.1, -0.05) is 42.5 Å². The molecule has 0 unspecified atom stereocenters. The van der Waals surface area contributed by atoms with Crippen LogP contribution in [0.25, 0.3) is 10.8 Å². The van der Waals surface area contributed by atoms with E-state index in [1.165, 1.54) is 16.3 Å². The molecule has 0 aromatic heterocycles. The molecule has 2 aromatic rings. The van der Waals surface area contributed by atoms with E-state index in [2.05, 4.69) is 47.4 Å². The molecule has 106 valence electrons. The molecule has 0 aliphatic heterocycles. The summed E-state index contributed by atoms with van der Waals surface area (Å²) in [6, 6.07) is 14.8. The molecule has 20 heavy (non-hydrogen) atoms. The Bertz CT molecular complexity index is 575. The van der Waals surface area contributed by atoms with E-state index in [4.69, 9.17) is 5.11 Å². The van der Waals surface area contributed by atoms with Gasteiger partial charge >= 0.3 is 5.97 Å². The molecule has 2 rings (SSSR count). The third kappa shape index (κ3) is 4.07. The van der Waals surface area contributed by atoms with Gasteiger partial charge in [0.05, 0.1) is 0 Å². The van der Waals surface area contributed by atoms with E-state index in [9.17, 15) is 4.79 Å². The molecule has 0 aliphatic carbocycles. The fourth-order valence-electron chi connectivity index (χ4n) is 2.43. The Morgan fingerprint density at radius 3 is 2.65 bits per heavy atom. The van der Waals surface area contributed by atoms with Crippen molar-refractivity contribution in [2.45, 2.75) is 19.3 Å². The lowest BCUT2D eigenvalue weighted by atomic mass is 10.0. The molecule has 0 spiro atoms. The predicted molar refractivity (Wildman–Crippen MR) is 82.0 cm³/mol. The average Bonchev–Trinajstić information content (AvgIpc) is 2.44. The van der Waals surface area contributed by atoms with E-state index in [-0.39, 0.29) is 6.42 Å². The van der Waals surface area contributed by atoms with Gasteiger partial charge in [0.1, 0.15) is 0 Å². The van der Waals surface area contributed by atoms with E-state index >= 15 is 0 Å². The lowest BCUT2D eigenvalue weighted by Crippen LogP contribution is -2.23. The van der Waals surface area contributed by atoms with Gasteiger partial charge in [-0.2, -0.15) is 0 Å². The number of hydrogen-bond acceptors (Lipinski definition) is 2. The van der Waals surface area contributed by atoms with E-state index in [1.807, 2.05) is 7.05 Å². The molecular weight excluding hydrogens is 250 g/mol. The molecular formula is C17H21NO2. The van der Waals surface area contributed by atoms with Gasteiger partial charge in [0, 0.05) is 13.0 Å². The smallest absolute Gasteiger partial charge is 0.303 e. The summed E-state index contributed by atoms with van der Waals surface area (Å²) in [5.74, 6) is -0.715. The highest BCUT2D eigenvalue weighted by Gasteiger charge is 2.04. The quantitative estimate of drug-likeness (QED) is 0.841. The molecule has 0 bridgehead atoms. The van der Waals surface area contributed by atoms with E-state index in [0.29, 0.717) is 6.42 Å². The molecule has 0 saturated heterocycles. The number of benzene rings is 2. The lowest BCUT2D eigenvalue weighted by Gasteiger charge is -2.16. The summed E-state index contributed by atoms with van der Waals surface area (Å²) < 4.78 is 0. The van der Waals surface area contributed by atoms with Crippen LogP contribution >= 0.6 is 0 Å². The van der Waals surface area contributed by atoms with Gasteiger partial charge < -0.3 is 10.0 Å². The SMILES string of the molecule is CN(CCCC(=O)O)CCc1cccc2ccccc12. The largest absolute Gasteiger partial charge is 0.481 e. The van der Waals surface area contributed by atoms with Crippen LogP contribution in [0, 0.1) is 0 Å². The minimum Gasteiger partial charge on any atom is -0.481 e. The molecule has 1 N–H and O–H groups in total. The number of carboxylic acid groups (broad SMARTS) is 1. The molecule has 3 nitrogen and oxygen atoms in total. The Labute approximate surface area is 119 Å². The highest BCUT2D eigenvalue weighted by atomic mass is 16.4. The van der Waals surface area contributed by atoms with Crippen LogP contribution < -0.4 is 0 Å². The van der Waals surface area contributed by atoms with Crippen LogP contribution in [0.2, 0.25) is 0 Å². The van der Waals surface area contributed by atoms with Crippen LogP contribution in [0.4, 0.5) is 0 Å². The Morgan fingerprint density at radius 2 is 1.85 bits per heavy atom. The van der Waals surface area contributed by atoms with Crippen molar-refractivity contribution in [3.8, 4) is 0 Å². The van der Waals surface area contributed by atoms with Crippen LogP contribution in [-0.4, -0.2) is 36.1 Å². The van der Waals surface area contributed by atoms with Gasteiger partial charge in [0.15, 0.2) is 0 Å². The summed E-state index contributed by atoms with van der Waals surface area (Å²) in [5.41, 5.74) is 1.35. The summed E-state index contributed by atoms with van der Waals surface area (Å²) >= 11 is 0. The number of nitrogens with zero attached hydrogens (tertiary/aromatic N) is 1. The number of hydrogen-bond donors (Lipinski definition) is 1. The van der Waals surface area contributed by atoms with Gasteiger partial charge in [-0.3, -0.25) is 4.79 Å². The maximum absolute atomic E-state index is 10.5. The van der Waals surface area contributed by atoms with Gasteiger partial charge in [0.2, 0.25) is 0 Å². The first-order valence-electron chi connectivity index (χ1n) is 7.04. The number of fused-ring (bicyclic) bond motifs is 1. The normalized spacial score (nSPS) is 11.1. The molecule has 3 heteroatoms. The van der Waals surface area contributed by atoms with Gasteiger partial charge in [-0.15, -0.1) is 0 Å². The van der Waals surface area contributed by atoms with Gasteiger partial charge in [-0.25, -0.2) is 0 Å². The molecule has 0 amide bonds. The van der Waals surface area contributed by atoms with Crippen molar-refractivity contribution in [1.29, 1.82) is 0 Å². The third-order valence-electron chi connectivity index (χ3n) is 3.57. The topological polar surface area (TPSA) is 40.5 Å². The van der Waals surface area contributed by atoms with E-state index in [1.54, 1.807) is 0 Å². The summed E-state index contributed by atoms with van der Waals surface area (Å²) in [5, 5.41) is 11.2. The summed E-state index contributed by atoms with van der Waals surface area (Å²) in [6.07, 6.45) is 1.95.